The van der Waals surface area contributed by atoms with Crippen molar-refractivity contribution < 1.29 is 0 Å². The lowest BCUT2D eigenvalue weighted by Crippen LogP contribution is -2.10. The summed E-state index contributed by atoms with van der Waals surface area (Å²) in [6.07, 6.45) is 6.74. The van der Waals surface area contributed by atoms with E-state index in [0.29, 0.717) is 0 Å². The predicted octanol–water partition coefficient (Wildman–Crippen LogP) is 4.16. The Labute approximate surface area is 83.5 Å². The van der Waals surface area contributed by atoms with Crippen LogP contribution in [0.15, 0.2) is 0 Å². The Hall–Kier alpha value is 0.350. The quantitative estimate of drug-likeness (QED) is 0.570. The smallest absolute Gasteiger partial charge is 0.00978 e. The summed E-state index contributed by atoms with van der Waals surface area (Å²) in [7, 11) is 0. The SMILES string of the molecule is CCCC(CC)C(C)CCCS. The van der Waals surface area contributed by atoms with E-state index < -0.39 is 0 Å². The van der Waals surface area contributed by atoms with Crippen molar-refractivity contribution in [2.24, 2.45) is 11.8 Å². The summed E-state index contributed by atoms with van der Waals surface area (Å²) in [5.74, 6) is 2.91. The highest BCUT2D eigenvalue weighted by molar-refractivity contribution is 7.80. The molecule has 0 N–H and O–H groups in total. The van der Waals surface area contributed by atoms with Gasteiger partial charge in [-0.25, -0.2) is 0 Å². The minimum Gasteiger partial charge on any atom is -0.179 e. The number of thiol groups is 1. The molecule has 0 aromatic heterocycles. The fourth-order valence-corrected chi connectivity index (χ4v) is 2.09. The highest BCUT2D eigenvalue weighted by Gasteiger charge is 2.13. The minimum absolute atomic E-state index is 0.905. The van der Waals surface area contributed by atoms with Gasteiger partial charge in [0.2, 0.25) is 0 Å². The molecule has 0 aromatic rings. The maximum absolute atomic E-state index is 4.25. The van der Waals surface area contributed by atoms with Crippen molar-refractivity contribution >= 4 is 12.6 Å². The molecule has 2 unspecified atom stereocenters. The van der Waals surface area contributed by atoms with Crippen LogP contribution in [0.2, 0.25) is 0 Å². The molecule has 0 saturated heterocycles. The van der Waals surface area contributed by atoms with Crippen molar-refractivity contribution in [3.05, 3.63) is 0 Å². The molecule has 2 atom stereocenters. The molecule has 0 rings (SSSR count). The van der Waals surface area contributed by atoms with Gasteiger partial charge in [0.05, 0.1) is 0 Å². The summed E-state index contributed by atoms with van der Waals surface area (Å²) >= 11 is 4.25. The highest BCUT2D eigenvalue weighted by Crippen LogP contribution is 2.24. The van der Waals surface area contributed by atoms with Gasteiger partial charge in [-0.15, -0.1) is 0 Å². The molecule has 1 heteroatoms. The van der Waals surface area contributed by atoms with Gasteiger partial charge in [0.1, 0.15) is 0 Å². The monoisotopic (exact) mass is 188 g/mol. The Bertz CT molecular complexity index is 91.0. The first-order valence-corrected chi connectivity index (χ1v) is 6.00. The zero-order valence-corrected chi connectivity index (χ0v) is 9.74. The molecule has 12 heavy (non-hydrogen) atoms. The van der Waals surface area contributed by atoms with E-state index in [-0.39, 0.29) is 0 Å². The summed E-state index contributed by atoms with van der Waals surface area (Å²) in [5, 5.41) is 0. The second kappa shape index (κ2) is 7.97. The first kappa shape index (κ1) is 12.3. The fraction of sp³-hybridized carbons (Fsp3) is 1.00. The molecular formula is C11H24S. The lowest BCUT2D eigenvalue weighted by molar-refractivity contribution is 0.305. The van der Waals surface area contributed by atoms with Crippen LogP contribution in [0.1, 0.15) is 52.9 Å². The zero-order chi connectivity index (χ0) is 9.40. The Morgan fingerprint density at radius 3 is 2.25 bits per heavy atom. The Morgan fingerprint density at radius 1 is 1.17 bits per heavy atom. The maximum atomic E-state index is 4.25. The van der Waals surface area contributed by atoms with Gasteiger partial charge in [-0.3, -0.25) is 0 Å². The van der Waals surface area contributed by atoms with E-state index in [0.717, 1.165) is 17.6 Å². The highest BCUT2D eigenvalue weighted by atomic mass is 32.1. The number of hydrogen-bond donors (Lipinski definition) is 1. The molecule has 0 amide bonds. The van der Waals surface area contributed by atoms with E-state index in [1.165, 1.54) is 32.1 Å². The van der Waals surface area contributed by atoms with Crippen molar-refractivity contribution in [1.29, 1.82) is 0 Å². The van der Waals surface area contributed by atoms with Crippen LogP contribution < -0.4 is 0 Å². The molecule has 0 spiro atoms. The van der Waals surface area contributed by atoms with Gasteiger partial charge in [-0.05, 0) is 30.4 Å². The third-order valence-electron chi connectivity index (χ3n) is 2.81. The number of hydrogen-bond acceptors (Lipinski definition) is 1. The van der Waals surface area contributed by atoms with Crippen molar-refractivity contribution in [2.45, 2.75) is 52.9 Å². The third-order valence-corrected chi connectivity index (χ3v) is 3.12. The Kier molecular flexibility index (Phi) is 8.20. The fourth-order valence-electron chi connectivity index (χ4n) is 1.91. The van der Waals surface area contributed by atoms with Gasteiger partial charge in [0.25, 0.3) is 0 Å². The van der Waals surface area contributed by atoms with Crippen LogP contribution in [0, 0.1) is 11.8 Å². The first-order chi connectivity index (χ1) is 5.76. The van der Waals surface area contributed by atoms with Gasteiger partial charge in [0, 0.05) is 0 Å². The van der Waals surface area contributed by atoms with Crippen molar-refractivity contribution in [1.82, 2.24) is 0 Å². The minimum atomic E-state index is 0.905. The molecule has 0 fully saturated rings. The molecule has 0 saturated carbocycles. The lowest BCUT2D eigenvalue weighted by atomic mass is 9.85. The van der Waals surface area contributed by atoms with Crippen molar-refractivity contribution in [3.63, 3.8) is 0 Å². The van der Waals surface area contributed by atoms with Gasteiger partial charge in [-0.2, -0.15) is 12.6 Å². The van der Waals surface area contributed by atoms with E-state index in [2.05, 4.69) is 33.4 Å². The summed E-state index contributed by atoms with van der Waals surface area (Å²) in [6.45, 7) is 7.00. The standard InChI is InChI=1S/C11H24S/c1-4-7-11(5-2)10(3)8-6-9-12/h10-12H,4-9H2,1-3H3. The van der Waals surface area contributed by atoms with Crippen LogP contribution in [0.25, 0.3) is 0 Å². The molecule has 0 aliphatic carbocycles. The molecule has 0 aromatic carbocycles. The molecule has 0 radical (unpaired) electrons. The summed E-state index contributed by atoms with van der Waals surface area (Å²) in [4.78, 5) is 0. The van der Waals surface area contributed by atoms with Crippen molar-refractivity contribution in [2.75, 3.05) is 5.75 Å². The van der Waals surface area contributed by atoms with E-state index in [1.54, 1.807) is 0 Å². The van der Waals surface area contributed by atoms with Gasteiger partial charge < -0.3 is 0 Å². The average molecular weight is 188 g/mol. The van der Waals surface area contributed by atoms with E-state index in [9.17, 15) is 0 Å². The Balaban J connectivity index is 3.60. The topological polar surface area (TPSA) is 0 Å². The van der Waals surface area contributed by atoms with Crippen LogP contribution in [0.4, 0.5) is 0 Å². The van der Waals surface area contributed by atoms with Gasteiger partial charge in [-0.1, -0.05) is 40.0 Å². The predicted molar refractivity (Wildman–Crippen MR) is 60.9 cm³/mol. The molecule has 0 nitrogen and oxygen atoms in total. The Morgan fingerprint density at radius 2 is 1.83 bits per heavy atom. The normalized spacial score (nSPS) is 16.0. The zero-order valence-electron chi connectivity index (χ0n) is 8.84. The molecule has 0 aliphatic rings. The second-order valence-corrected chi connectivity index (χ2v) is 4.25. The first-order valence-electron chi connectivity index (χ1n) is 5.37. The molecule has 74 valence electrons. The molecule has 0 heterocycles. The summed E-state index contributed by atoms with van der Waals surface area (Å²) in [5.41, 5.74) is 0. The second-order valence-electron chi connectivity index (χ2n) is 3.80. The van der Waals surface area contributed by atoms with Gasteiger partial charge in [0.15, 0.2) is 0 Å². The van der Waals surface area contributed by atoms with Crippen molar-refractivity contribution in [3.8, 4) is 0 Å². The van der Waals surface area contributed by atoms with E-state index in [4.69, 9.17) is 0 Å². The molecular weight excluding hydrogens is 164 g/mol. The number of rotatable bonds is 7. The van der Waals surface area contributed by atoms with Gasteiger partial charge >= 0.3 is 0 Å². The molecule has 0 bridgehead atoms. The summed E-state index contributed by atoms with van der Waals surface area (Å²) in [6, 6.07) is 0. The maximum Gasteiger partial charge on any atom is -0.00978 e. The van der Waals surface area contributed by atoms with Crippen LogP contribution in [0.5, 0.6) is 0 Å². The largest absolute Gasteiger partial charge is 0.179 e. The molecule has 0 aliphatic heterocycles. The third kappa shape index (κ3) is 5.08. The van der Waals surface area contributed by atoms with Crippen LogP contribution in [0.3, 0.4) is 0 Å². The van der Waals surface area contributed by atoms with E-state index in [1.807, 2.05) is 0 Å². The summed E-state index contributed by atoms with van der Waals surface area (Å²) < 4.78 is 0. The lowest BCUT2D eigenvalue weighted by Gasteiger charge is -2.21. The van der Waals surface area contributed by atoms with Crippen LogP contribution in [-0.2, 0) is 0 Å². The van der Waals surface area contributed by atoms with E-state index >= 15 is 0 Å². The van der Waals surface area contributed by atoms with Crippen LogP contribution in [-0.4, -0.2) is 5.75 Å². The average Bonchev–Trinajstić information content (AvgIpc) is 2.10. The van der Waals surface area contributed by atoms with Crippen LogP contribution >= 0.6 is 12.6 Å².